The topological polar surface area (TPSA) is 83.1 Å². The molecule has 0 saturated heterocycles. The summed E-state index contributed by atoms with van der Waals surface area (Å²) in [6.07, 6.45) is 0.322. The third-order valence-electron chi connectivity index (χ3n) is 5.41. The van der Waals surface area contributed by atoms with Crippen LogP contribution in [0.5, 0.6) is 0 Å². The number of thioether (sulfide) groups is 1. The Bertz CT molecular complexity index is 1380. The number of thiophene rings is 1. The number of carbonyl (C=O) groups excluding carboxylic acids is 1. The third-order valence-corrected chi connectivity index (χ3v) is 7.46. The lowest BCUT2D eigenvalue weighted by Crippen LogP contribution is -2.12. The smallest absolute Gasteiger partial charge is 0.225 e. The third kappa shape index (κ3) is 3.91. The van der Waals surface area contributed by atoms with E-state index in [0.29, 0.717) is 22.7 Å². The van der Waals surface area contributed by atoms with Gasteiger partial charge in [0, 0.05) is 22.4 Å². The number of anilines is 1. The summed E-state index contributed by atoms with van der Waals surface area (Å²) in [6.45, 7) is 10.2. The number of aryl methyl sites for hydroxylation is 4. The van der Waals surface area contributed by atoms with Crippen molar-refractivity contribution in [3.8, 4) is 6.07 Å². The average molecular weight is 450 g/mol. The number of nitrogens with one attached hydrogen (secondary N) is 1. The highest BCUT2D eigenvalue weighted by Gasteiger charge is 2.16. The summed E-state index contributed by atoms with van der Waals surface area (Å²) in [5.74, 6) is 0.463. The minimum atomic E-state index is -0.105. The van der Waals surface area contributed by atoms with Gasteiger partial charge in [-0.2, -0.15) is 5.26 Å². The number of carbonyl (C=O) groups is 1. The molecule has 4 rings (SSSR count). The summed E-state index contributed by atoms with van der Waals surface area (Å²) in [5, 5.41) is 23.6. The normalized spacial score (nSPS) is 11.2. The fraction of sp³-hybridized carbons (Fsp3) is 0.304. The summed E-state index contributed by atoms with van der Waals surface area (Å²) >= 11 is 2.96. The van der Waals surface area contributed by atoms with Crippen molar-refractivity contribution in [2.75, 3.05) is 11.1 Å². The van der Waals surface area contributed by atoms with Crippen LogP contribution >= 0.6 is 23.1 Å². The van der Waals surface area contributed by atoms with E-state index in [0.717, 1.165) is 26.8 Å². The van der Waals surface area contributed by atoms with Crippen molar-refractivity contribution in [2.24, 2.45) is 0 Å². The van der Waals surface area contributed by atoms with Gasteiger partial charge in [0.2, 0.25) is 5.91 Å². The molecule has 0 unspecified atom stereocenters. The van der Waals surface area contributed by atoms with Gasteiger partial charge in [0.25, 0.3) is 0 Å². The number of fused-ring (bicyclic) bond motifs is 3. The van der Waals surface area contributed by atoms with Gasteiger partial charge in [0.15, 0.2) is 10.8 Å². The molecule has 0 spiro atoms. The average Bonchev–Trinajstić information content (AvgIpc) is 3.22. The first-order valence-electron chi connectivity index (χ1n) is 9.98. The second kappa shape index (κ2) is 8.33. The summed E-state index contributed by atoms with van der Waals surface area (Å²) in [6, 6.07) is 8.60. The van der Waals surface area contributed by atoms with E-state index in [1.807, 2.05) is 13.8 Å². The SMILES string of the molecule is Cc1cc(C)c2c(c1)c(C)cc1nnc(SCCC(=O)Nc3sc(C)c(C)c3C#N)n12. The van der Waals surface area contributed by atoms with E-state index in [4.69, 9.17) is 0 Å². The lowest BCUT2D eigenvalue weighted by atomic mass is 10.0. The highest BCUT2D eigenvalue weighted by molar-refractivity contribution is 7.99. The predicted octanol–water partition coefficient (Wildman–Crippen LogP) is 5.48. The zero-order valence-corrected chi connectivity index (χ0v) is 19.8. The molecule has 0 aliphatic carbocycles. The minimum Gasteiger partial charge on any atom is -0.317 e. The number of pyridine rings is 1. The monoisotopic (exact) mass is 449 g/mol. The van der Waals surface area contributed by atoms with E-state index in [-0.39, 0.29) is 5.91 Å². The van der Waals surface area contributed by atoms with Gasteiger partial charge >= 0.3 is 0 Å². The van der Waals surface area contributed by atoms with E-state index < -0.39 is 0 Å². The van der Waals surface area contributed by atoms with Gasteiger partial charge in [-0.25, -0.2) is 0 Å². The van der Waals surface area contributed by atoms with Crippen molar-refractivity contribution in [3.63, 3.8) is 0 Å². The van der Waals surface area contributed by atoms with Crippen molar-refractivity contribution in [1.82, 2.24) is 14.6 Å². The Labute approximate surface area is 189 Å². The zero-order chi connectivity index (χ0) is 22.3. The van der Waals surface area contributed by atoms with Gasteiger partial charge in [-0.05, 0) is 63.4 Å². The van der Waals surface area contributed by atoms with Gasteiger partial charge in [0.1, 0.15) is 11.1 Å². The first-order chi connectivity index (χ1) is 14.8. The Morgan fingerprint density at radius 2 is 1.94 bits per heavy atom. The van der Waals surface area contributed by atoms with Crippen LogP contribution in [0.25, 0.3) is 16.6 Å². The number of hydrogen-bond acceptors (Lipinski definition) is 6. The number of rotatable bonds is 5. The maximum absolute atomic E-state index is 12.5. The maximum Gasteiger partial charge on any atom is 0.225 e. The number of hydrogen-bond donors (Lipinski definition) is 1. The summed E-state index contributed by atoms with van der Waals surface area (Å²) < 4.78 is 2.08. The van der Waals surface area contributed by atoms with E-state index in [9.17, 15) is 10.1 Å². The van der Waals surface area contributed by atoms with Crippen LogP contribution in [0.1, 0.15) is 39.1 Å². The molecule has 0 aliphatic rings. The molecule has 3 heterocycles. The first-order valence-corrected chi connectivity index (χ1v) is 11.8. The second-order valence-corrected chi connectivity index (χ2v) is 10.0. The Hall–Kier alpha value is -2.89. The van der Waals surface area contributed by atoms with Crippen LogP contribution in [0.2, 0.25) is 0 Å². The maximum atomic E-state index is 12.5. The number of nitriles is 1. The molecule has 0 saturated carbocycles. The van der Waals surface area contributed by atoms with Crippen molar-refractivity contribution in [1.29, 1.82) is 5.26 Å². The van der Waals surface area contributed by atoms with Crippen molar-refractivity contribution < 1.29 is 4.79 Å². The zero-order valence-electron chi connectivity index (χ0n) is 18.2. The van der Waals surface area contributed by atoms with E-state index in [1.54, 1.807) is 0 Å². The van der Waals surface area contributed by atoms with Crippen LogP contribution in [-0.4, -0.2) is 26.3 Å². The second-order valence-electron chi connectivity index (χ2n) is 7.73. The quantitative estimate of drug-likeness (QED) is 0.408. The van der Waals surface area contributed by atoms with Crippen LogP contribution < -0.4 is 5.32 Å². The van der Waals surface area contributed by atoms with Crippen LogP contribution in [0.15, 0.2) is 23.4 Å². The molecule has 0 aliphatic heterocycles. The Morgan fingerprint density at radius 1 is 1.16 bits per heavy atom. The molecule has 0 fully saturated rings. The largest absolute Gasteiger partial charge is 0.317 e. The molecule has 3 aromatic heterocycles. The molecule has 8 heteroatoms. The fourth-order valence-corrected chi connectivity index (χ4v) is 5.69. The van der Waals surface area contributed by atoms with E-state index >= 15 is 0 Å². The molecule has 6 nitrogen and oxygen atoms in total. The Balaban J connectivity index is 1.54. The standard InChI is InChI=1S/C23H23N5OS2/c1-12-8-14(3)21-17(9-12)13(2)10-19-26-27-23(28(19)21)30-7-6-20(29)25-22-18(11-24)15(4)16(5)31-22/h8-10H,6-7H2,1-5H3,(H,25,29). The minimum absolute atomic E-state index is 0.105. The molecule has 158 valence electrons. The van der Waals surface area contributed by atoms with Gasteiger partial charge in [0.05, 0.1) is 11.1 Å². The lowest BCUT2D eigenvalue weighted by molar-refractivity contribution is -0.115. The summed E-state index contributed by atoms with van der Waals surface area (Å²) in [7, 11) is 0. The van der Waals surface area contributed by atoms with Gasteiger partial charge in [-0.1, -0.05) is 23.4 Å². The van der Waals surface area contributed by atoms with Crippen LogP contribution in [0.3, 0.4) is 0 Å². The first kappa shape index (κ1) is 21.3. The van der Waals surface area contributed by atoms with Gasteiger partial charge in [-0.3, -0.25) is 9.20 Å². The van der Waals surface area contributed by atoms with E-state index in [2.05, 4.69) is 65.0 Å². The molecule has 1 N–H and O–H groups in total. The van der Waals surface area contributed by atoms with Crippen molar-refractivity contribution in [3.05, 3.63) is 50.9 Å². The number of amides is 1. The molecule has 0 bridgehead atoms. The molecule has 1 amide bonds. The Kier molecular flexibility index (Phi) is 5.73. The number of aromatic nitrogens is 3. The van der Waals surface area contributed by atoms with Crippen LogP contribution in [0.4, 0.5) is 5.00 Å². The molecule has 31 heavy (non-hydrogen) atoms. The van der Waals surface area contributed by atoms with E-state index in [1.165, 1.54) is 45.2 Å². The van der Waals surface area contributed by atoms with Gasteiger partial charge in [-0.15, -0.1) is 21.5 Å². The molecule has 0 radical (unpaired) electrons. The van der Waals surface area contributed by atoms with Crippen molar-refractivity contribution >= 4 is 50.6 Å². The highest BCUT2D eigenvalue weighted by atomic mass is 32.2. The highest BCUT2D eigenvalue weighted by Crippen LogP contribution is 2.32. The Morgan fingerprint density at radius 3 is 2.68 bits per heavy atom. The van der Waals surface area contributed by atoms with Gasteiger partial charge < -0.3 is 5.32 Å². The molecular formula is C23H23N5OS2. The molecule has 1 aromatic carbocycles. The summed E-state index contributed by atoms with van der Waals surface area (Å²) in [4.78, 5) is 13.5. The van der Waals surface area contributed by atoms with Crippen molar-refractivity contribution in [2.45, 2.75) is 46.2 Å². The fourth-order valence-electron chi connectivity index (χ4n) is 3.78. The lowest BCUT2D eigenvalue weighted by Gasteiger charge is -2.11. The summed E-state index contributed by atoms with van der Waals surface area (Å²) in [5.41, 5.74) is 6.98. The molecule has 0 atom stereocenters. The van der Waals surface area contributed by atoms with Crippen LogP contribution in [0, 0.1) is 45.9 Å². The predicted molar refractivity (Wildman–Crippen MR) is 127 cm³/mol. The molecule has 4 aromatic rings. The molecular weight excluding hydrogens is 426 g/mol. The van der Waals surface area contributed by atoms with Crippen LogP contribution in [-0.2, 0) is 4.79 Å². The number of benzene rings is 1. The number of nitrogens with zero attached hydrogens (tertiary/aromatic N) is 4.